The molecule has 3 heteroatoms. The zero-order valence-electron chi connectivity index (χ0n) is 9.73. The molecule has 1 aliphatic carbocycles. The van der Waals surface area contributed by atoms with E-state index in [0.29, 0.717) is 5.41 Å². The van der Waals surface area contributed by atoms with E-state index in [4.69, 9.17) is 10.5 Å². The fraction of sp³-hybridized carbons (Fsp3) is 1.00. The Balaban J connectivity index is 2.11. The van der Waals surface area contributed by atoms with E-state index in [1.54, 1.807) is 7.11 Å². The molecule has 3 nitrogen and oxygen atoms in total. The second-order valence-corrected chi connectivity index (χ2v) is 5.33. The summed E-state index contributed by atoms with van der Waals surface area (Å²) in [5.74, 6) is 0. The highest BCUT2D eigenvalue weighted by atomic mass is 16.5. The Morgan fingerprint density at radius 3 is 2.50 bits per heavy atom. The first kappa shape index (κ1) is 12.0. The summed E-state index contributed by atoms with van der Waals surface area (Å²) in [7, 11) is 1.77. The molecule has 0 radical (unpaired) electrons. The number of methoxy groups -OCH3 is 1. The van der Waals surface area contributed by atoms with Crippen molar-refractivity contribution in [1.82, 2.24) is 5.32 Å². The third-order valence-electron chi connectivity index (χ3n) is 2.87. The van der Waals surface area contributed by atoms with Gasteiger partial charge in [0.05, 0.1) is 0 Å². The van der Waals surface area contributed by atoms with Crippen LogP contribution < -0.4 is 11.1 Å². The van der Waals surface area contributed by atoms with Crippen LogP contribution in [0.1, 0.15) is 33.1 Å². The van der Waals surface area contributed by atoms with Crippen LogP contribution in [0.5, 0.6) is 0 Å². The van der Waals surface area contributed by atoms with E-state index in [0.717, 1.165) is 19.7 Å². The quantitative estimate of drug-likeness (QED) is 0.647. The zero-order chi connectivity index (χ0) is 10.7. The third kappa shape index (κ3) is 4.40. The molecule has 0 saturated heterocycles. The zero-order valence-corrected chi connectivity index (χ0v) is 9.73. The van der Waals surface area contributed by atoms with Gasteiger partial charge in [0.1, 0.15) is 0 Å². The summed E-state index contributed by atoms with van der Waals surface area (Å²) >= 11 is 0. The molecule has 0 aliphatic heterocycles. The molecule has 3 N–H and O–H groups in total. The first-order chi connectivity index (χ1) is 6.47. The van der Waals surface area contributed by atoms with Gasteiger partial charge in [-0.3, -0.25) is 0 Å². The maximum Gasteiger partial charge on any atom is 0.0468 e. The van der Waals surface area contributed by atoms with E-state index in [9.17, 15) is 0 Å². The molecule has 1 rings (SSSR count). The Morgan fingerprint density at radius 2 is 2.07 bits per heavy atom. The fourth-order valence-electron chi connectivity index (χ4n) is 1.66. The Bertz CT molecular complexity index is 171. The molecule has 1 aliphatic rings. The van der Waals surface area contributed by atoms with Gasteiger partial charge in [-0.25, -0.2) is 0 Å². The number of nitrogens with one attached hydrogen (secondary N) is 1. The number of nitrogens with two attached hydrogens (primary N) is 1. The molecule has 0 spiro atoms. The molecule has 14 heavy (non-hydrogen) atoms. The lowest BCUT2D eigenvalue weighted by atomic mass is 10.0. The number of hydrogen-bond acceptors (Lipinski definition) is 3. The Kier molecular flexibility index (Phi) is 3.93. The highest BCUT2D eigenvalue weighted by molar-refractivity contribution is 4.95. The second-order valence-electron chi connectivity index (χ2n) is 5.33. The third-order valence-corrected chi connectivity index (χ3v) is 2.87. The SMILES string of the molecule is COCCC1(CNCC(C)(C)N)CC1. The van der Waals surface area contributed by atoms with Gasteiger partial charge in [0.2, 0.25) is 0 Å². The monoisotopic (exact) mass is 200 g/mol. The average molecular weight is 200 g/mol. The van der Waals surface area contributed by atoms with Gasteiger partial charge in [0, 0.05) is 32.3 Å². The van der Waals surface area contributed by atoms with E-state index in [-0.39, 0.29) is 5.54 Å². The van der Waals surface area contributed by atoms with Crippen molar-refractivity contribution in [2.24, 2.45) is 11.1 Å². The van der Waals surface area contributed by atoms with Crippen molar-refractivity contribution < 1.29 is 4.74 Å². The van der Waals surface area contributed by atoms with Crippen molar-refractivity contribution in [3.05, 3.63) is 0 Å². The highest BCUT2D eigenvalue weighted by Crippen LogP contribution is 2.48. The molecule has 1 saturated carbocycles. The maximum absolute atomic E-state index is 5.90. The highest BCUT2D eigenvalue weighted by Gasteiger charge is 2.41. The van der Waals surface area contributed by atoms with Crippen LogP contribution in [-0.2, 0) is 4.74 Å². The average Bonchev–Trinajstić information content (AvgIpc) is 2.80. The van der Waals surface area contributed by atoms with Crippen molar-refractivity contribution in [1.29, 1.82) is 0 Å². The van der Waals surface area contributed by atoms with Crippen LogP contribution in [0.25, 0.3) is 0 Å². The van der Waals surface area contributed by atoms with Gasteiger partial charge in [0.25, 0.3) is 0 Å². The summed E-state index contributed by atoms with van der Waals surface area (Å²) in [6.07, 6.45) is 3.87. The molecular weight excluding hydrogens is 176 g/mol. The summed E-state index contributed by atoms with van der Waals surface area (Å²) in [4.78, 5) is 0. The smallest absolute Gasteiger partial charge is 0.0468 e. The van der Waals surface area contributed by atoms with Crippen molar-refractivity contribution >= 4 is 0 Å². The molecular formula is C11H24N2O. The van der Waals surface area contributed by atoms with Gasteiger partial charge in [-0.1, -0.05) is 0 Å². The standard InChI is InChI=1S/C11H24N2O/c1-10(2,12)8-13-9-11(4-5-11)6-7-14-3/h13H,4-9,12H2,1-3H3. The van der Waals surface area contributed by atoms with E-state index < -0.39 is 0 Å². The predicted molar refractivity (Wildman–Crippen MR) is 59.3 cm³/mol. The van der Waals surface area contributed by atoms with Gasteiger partial charge >= 0.3 is 0 Å². The summed E-state index contributed by atoms with van der Waals surface area (Å²) in [5.41, 5.74) is 6.33. The van der Waals surface area contributed by atoms with Gasteiger partial charge < -0.3 is 15.8 Å². The summed E-state index contributed by atoms with van der Waals surface area (Å²) in [5, 5.41) is 3.46. The Morgan fingerprint density at radius 1 is 1.43 bits per heavy atom. The fourth-order valence-corrected chi connectivity index (χ4v) is 1.66. The van der Waals surface area contributed by atoms with Gasteiger partial charge in [0.15, 0.2) is 0 Å². The second kappa shape index (κ2) is 4.60. The minimum Gasteiger partial charge on any atom is -0.385 e. The lowest BCUT2D eigenvalue weighted by Crippen LogP contribution is -2.44. The molecule has 0 heterocycles. The molecule has 0 aromatic carbocycles. The Labute approximate surface area is 87.4 Å². The van der Waals surface area contributed by atoms with Crippen molar-refractivity contribution in [2.75, 3.05) is 26.8 Å². The first-order valence-corrected chi connectivity index (χ1v) is 5.46. The van der Waals surface area contributed by atoms with Crippen LogP contribution >= 0.6 is 0 Å². The van der Waals surface area contributed by atoms with Gasteiger partial charge in [-0.05, 0) is 38.5 Å². The van der Waals surface area contributed by atoms with Crippen molar-refractivity contribution in [3.63, 3.8) is 0 Å². The number of ether oxygens (including phenoxy) is 1. The van der Waals surface area contributed by atoms with Crippen LogP contribution in [0.2, 0.25) is 0 Å². The van der Waals surface area contributed by atoms with E-state index in [1.165, 1.54) is 19.3 Å². The van der Waals surface area contributed by atoms with E-state index in [2.05, 4.69) is 19.2 Å². The lowest BCUT2D eigenvalue weighted by Gasteiger charge is -2.22. The molecule has 0 aromatic heterocycles. The van der Waals surface area contributed by atoms with Gasteiger partial charge in [-0.15, -0.1) is 0 Å². The molecule has 0 unspecified atom stereocenters. The molecule has 84 valence electrons. The molecule has 1 fully saturated rings. The summed E-state index contributed by atoms with van der Waals surface area (Å²) in [6, 6.07) is 0. The maximum atomic E-state index is 5.90. The summed E-state index contributed by atoms with van der Waals surface area (Å²) < 4.78 is 5.11. The molecule has 0 amide bonds. The van der Waals surface area contributed by atoms with Crippen LogP contribution in [0, 0.1) is 5.41 Å². The topological polar surface area (TPSA) is 47.3 Å². The van der Waals surface area contributed by atoms with Crippen LogP contribution in [0.4, 0.5) is 0 Å². The van der Waals surface area contributed by atoms with Crippen LogP contribution in [-0.4, -0.2) is 32.3 Å². The van der Waals surface area contributed by atoms with E-state index >= 15 is 0 Å². The number of hydrogen-bond donors (Lipinski definition) is 2. The number of rotatable bonds is 7. The van der Waals surface area contributed by atoms with Crippen LogP contribution in [0.15, 0.2) is 0 Å². The predicted octanol–water partition coefficient (Wildman–Crippen LogP) is 1.13. The molecule has 0 bridgehead atoms. The lowest BCUT2D eigenvalue weighted by molar-refractivity contribution is 0.171. The van der Waals surface area contributed by atoms with Crippen LogP contribution in [0.3, 0.4) is 0 Å². The summed E-state index contributed by atoms with van der Waals surface area (Å²) in [6.45, 7) is 6.97. The van der Waals surface area contributed by atoms with E-state index in [1.807, 2.05) is 0 Å². The van der Waals surface area contributed by atoms with Crippen molar-refractivity contribution in [3.8, 4) is 0 Å². The minimum atomic E-state index is -0.0999. The van der Waals surface area contributed by atoms with Crippen molar-refractivity contribution in [2.45, 2.75) is 38.6 Å². The largest absolute Gasteiger partial charge is 0.385 e. The first-order valence-electron chi connectivity index (χ1n) is 5.46. The minimum absolute atomic E-state index is 0.0999. The van der Waals surface area contributed by atoms with Gasteiger partial charge in [-0.2, -0.15) is 0 Å². The Hall–Kier alpha value is -0.120. The molecule has 0 aromatic rings. The normalized spacial score (nSPS) is 19.7. The molecule has 0 atom stereocenters.